The molecule has 0 aliphatic heterocycles. The Kier molecular flexibility index (Phi) is 2.51. The predicted molar refractivity (Wildman–Crippen MR) is 60.2 cm³/mol. The van der Waals surface area contributed by atoms with Crippen molar-refractivity contribution in [1.29, 1.82) is 5.26 Å². The molecule has 0 atom stereocenters. The molecule has 0 aromatic heterocycles. The molecule has 2 rings (SSSR count). The standard InChI is InChI=1S/C14H10N/c1-11-5-4-7-12(9-11)14-8-3-2-6-13(14)10-15/h2-3,5-9H,1H3. The van der Waals surface area contributed by atoms with Crippen LogP contribution in [0, 0.1) is 24.3 Å². The van der Waals surface area contributed by atoms with Crippen molar-refractivity contribution in [3.05, 3.63) is 59.7 Å². The van der Waals surface area contributed by atoms with Crippen LogP contribution in [0.25, 0.3) is 11.1 Å². The summed E-state index contributed by atoms with van der Waals surface area (Å²) in [7, 11) is 0. The van der Waals surface area contributed by atoms with Gasteiger partial charge in [-0.2, -0.15) is 5.26 Å². The predicted octanol–water partition coefficient (Wildman–Crippen LogP) is 3.33. The van der Waals surface area contributed by atoms with Crippen LogP contribution in [0.1, 0.15) is 11.1 Å². The molecule has 0 unspecified atom stereocenters. The Morgan fingerprint density at radius 2 is 2.00 bits per heavy atom. The van der Waals surface area contributed by atoms with Gasteiger partial charge in [0.05, 0.1) is 11.6 Å². The van der Waals surface area contributed by atoms with Crippen LogP contribution < -0.4 is 0 Å². The van der Waals surface area contributed by atoms with Gasteiger partial charge in [0.15, 0.2) is 0 Å². The fourth-order valence-electron chi connectivity index (χ4n) is 1.58. The number of hydrogen-bond donors (Lipinski definition) is 0. The zero-order chi connectivity index (χ0) is 10.7. The van der Waals surface area contributed by atoms with Gasteiger partial charge >= 0.3 is 0 Å². The molecule has 0 saturated heterocycles. The fourth-order valence-corrected chi connectivity index (χ4v) is 1.58. The summed E-state index contributed by atoms with van der Waals surface area (Å²) in [5, 5.41) is 8.99. The number of rotatable bonds is 1. The van der Waals surface area contributed by atoms with E-state index in [1.54, 1.807) is 0 Å². The first-order chi connectivity index (χ1) is 7.31. The van der Waals surface area contributed by atoms with E-state index in [0.717, 1.165) is 16.7 Å². The van der Waals surface area contributed by atoms with E-state index in [1.165, 1.54) is 0 Å². The Bertz CT molecular complexity index is 521. The Balaban J connectivity index is 2.60. The van der Waals surface area contributed by atoms with Gasteiger partial charge in [0.2, 0.25) is 0 Å². The highest BCUT2D eigenvalue weighted by Gasteiger charge is 2.02. The minimum absolute atomic E-state index is 0.705. The third-order valence-corrected chi connectivity index (χ3v) is 2.29. The van der Waals surface area contributed by atoms with Crippen LogP contribution in [-0.4, -0.2) is 0 Å². The molecule has 1 nitrogen and oxygen atoms in total. The van der Waals surface area contributed by atoms with Crippen molar-refractivity contribution in [3.63, 3.8) is 0 Å². The van der Waals surface area contributed by atoms with Gasteiger partial charge in [-0.3, -0.25) is 0 Å². The first-order valence-electron chi connectivity index (χ1n) is 4.78. The monoisotopic (exact) mass is 192 g/mol. The molecule has 0 saturated carbocycles. The average Bonchev–Trinajstić information content (AvgIpc) is 2.29. The van der Waals surface area contributed by atoms with Crippen LogP contribution in [0.4, 0.5) is 0 Å². The highest BCUT2D eigenvalue weighted by Crippen LogP contribution is 2.23. The molecule has 0 fully saturated rings. The van der Waals surface area contributed by atoms with Gasteiger partial charge in [-0.15, -0.1) is 0 Å². The zero-order valence-corrected chi connectivity index (χ0v) is 8.49. The van der Waals surface area contributed by atoms with Gasteiger partial charge in [0.25, 0.3) is 0 Å². The smallest absolute Gasteiger partial charge is 0.0998 e. The van der Waals surface area contributed by atoms with Crippen molar-refractivity contribution < 1.29 is 0 Å². The quantitative estimate of drug-likeness (QED) is 0.679. The fraction of sp³-hybridized carbons (Fsp3) is 0.0714. The van der Waals surface area contributed by atoms with Gasteiger partial charge in [-0.05, 0) is 41.8 Å². The third kappa shape index (κ3) is 1.89. The summed E-state index contributed by atoms with van der Waals surface area (Å²) in [5.74, 6) is 0. The van der Waals surface area contributed by atoms with Crippen molar-refractivity contribution >= 4 is 0 Å². The minimum Gasteiger partial charge on any atom is -0.192 e. The molecule has 0 bridgehead atoms. The summed E-state index contributed by atoms with van der Waals surface area (Å²) in [6.07, 6.45) is 0. The topological polar surface area (TPSA) is 23.8 Å². The molecule has 0 N–H and O–H groups in total. The SMILES string of the molecule is Cc1c[c]cc(-c2ccccc2C#N)c1. The molecule has 0 amide bonds. The van der Waals surface area contributed by atoms with E-state index in [2.05, 4.69) is 18.2 Å². The number of nitriles is 1. The van der Waals surface area contributed by atoms with Crippen molar-refractivity contribution in [2.75, 3.05) is 0 Å². The van der Waals surface area contributed by atoms with E-state index in [0.29, 0.717) is 5.56 Å². The van der Waals surface area contributed by atoms with E-state index in [9.17, 15) is 0 Å². The van der Waals surface area contributed by atoms with E-state index < -0.39 is 0 Å². The lowest BCUT2D eigenvalue weighted by Crippen LogP contribution is -1.84. The molecule has 1 radical (unpaired) electrons. The van der Waals surface area contributed by atoms with Gasteiger partial charge < -0.3 is 0 Å². The molecule has 1 heteroatoms. The molecular weight excluding hydrogens is 182 g/mol. The number of hydrogen-bond acceptors (Lipinski definition) is 1. The van der Waals surface area contributed by atoms with Gasteiger partial charge in [-0.1, -0.05) is 30.3 Å². The Morgan fingerprint density at radius 1 is 1.20 bits per heavy atom. The number of nitrogens with zero attached hydrogens (tertiary/aromatic N) is 1. The molecule has 0 aliphatic carbocycles. The van der Waals surface area contributed by atoms with Crippen molar-refractivity contribution in [1.82, 2.24) is 0 Å². The summed E-state index contributed by atoms with van der Waals surface area (Å²) in [6.45, 7) is 2.02. The zero-order valence-electron chi connectivity index (χ0n) is 8.49. The normalized spacial score (nSPS) is 9.60. The summed E-state index contributed by atoms with van der Waals surface area (Å²) < 4.78 is 0. The van der Waals surface area contributed by atoms with Crippen LogP contribution in [-0.2, 0) is 0 Å². The lowest BCUT2D eigenvalue weighted by Gasteiger charge is -2.04. The lowest BCUT2D eigenvalue weighted by molar-refractivity contribution is 1.44. The van der Waals surface area contributed by atoms with E-state index in [-0.39, 0.29) is 0 Å². The summed E-state index contributed by atoms with van der Waals surface area (Å²) in [4.78, 5) is 0. The van der Waals surface area contributed by atoms with Crippen LogP contribution in [0.5, 0.6) is 0 Å². The molecule has 0 aliphatic rings. The Morgan fingerprint density at radius 3 is 2.73 bits per heavy atom. The first kappa shape index (κ1) is 9.48. The second kappa shape index (κ2) is 3.98. The maximum absolute atomic E-state index is 8.99. The summed E-state index contributed by atoms with van der Waals surface area (Å²) in [6, 6.07) is 18.8. The molecule has 2 aromatic carbocycles. The van der Waals surface area contributed by atoms with Gasteiger partial charge in [-0.25, -0.2) is 0 Å². The van der Waals surface area contributed by atoms with E-state index in [4.69, 9.17) is 5.26 Å². The van der Waals surface area contributed by atoms with E-state index >= 15 is 0 Å². The molecule has 0 spiro atoms. The maximum atomic E-state index is 8.99. The molecule has 2 aromatic rings. The second-order valence-corrected chi connectivity index (χ2v) is 3.46. The van der Waals surface area contributed by atoms with Gasteiger partial charge in [0, 0.05) is 0 Å². The Hall–Kier alpha value is -2.07. The highest BCUT2D eigenvalue weighted by atomic mass is 14.2. The van der Waals surface area contributed by atoms with Crippen LogP contribution in [0.3, 0.4) is 0 Å². The summed E-state index contributed by atoms with van der Waals surface area (Å²) in [5.41, 5.74) is 3.88. The highest BCUT2D eigenvalue weighted by molar-refractivity contribution is 5.70. The van der Waals surface area contributed by atoms with E-state index in [1.807, 2.05) is 43.3 Å². The Labute approximate surface area is 89.6 Å². The molecule has 15 heavy (non-hydrogen) atoms. The van der Waals surface area contributed by atoms with Crippen LogP contribution in [0.2, 0.25) is 0 Å². The van der Waals surface area contributed by atoms with Crippen molar-refractivity contribution in [2.45, 2.75) is 6.92 Å². The maximum Gasteiger partial charge on any atom is 0.0998 e. The number of aryl methyl sites for hydroxylation is 1. The molecule has 0 heterocycles. The van der Waals surface area contributed by atoms with Crippen LogP contribution >= 0.6 is 0 Å². The molecule has 71 valence electrons. The summed E-state index contributed by atoms with van der Waals surface area (Å²) >= 11 is 0. The largest absolute Gasteiger partial charge is 0.192 e. The van der Waals surface area contributed by atoms with Gasteiger partial charge in [0.1, 0.15) is 0 Å². The second-order valence-electron chi connectivity index (χ2n) is 3.46. The first-order valence-corrected chi connectivity index (χ1v) is 4.78. The lowest BCUT2D eigenvalue weighted by atomic mass is 9.99. The van der Waals surface area contributed by atoms with Crippen molar-refractivity contribution in [2.24, 2.45) is 0 Å². The van der Waals surface area contributed by atoms with Crippen molar-refractivity contribution in [3.8, 4) is 17.2 Å². The molecular formula is C14H10N. The average molecular weight is 192 g/mol. The van der Waals surface area contributed by atoms with Crippen LogP contribution in [0.15, 0.2) is 42.5 Å². The third-order valence-electron chi connectivity index (χ3n) is 2.29. The number of benzene rings is 2. The minimum atomic E-state index is 0.705.